The Morgan fingerprint density at radius 1 is 0.829 bits per heavy atom. The lowest BCUT2D eigenvalue weighted by Crippen LogP contribution is -2.36. The quantitative estimate of drug-likeness (QED) is 0.105. The van der Waals surface area contributed by atoms with Crippen LogP contribution in [0, 0.1) is 16.0 Å². The summed E-state index contributed by atoms with van der Waals surface area (Å²) in [6, 6.07) is 29.4. The number of nitrogens with zero attached hydrogens (tertiary/aromatic N) is 3. The van der Waals surface area contributed by atoms with Crippen LogP contribution in [0.4, 0.5) is 11.4 Å². The zero-order valence-corrected chi connectivity index (χ0v) is 21.5. The van der Waals surface area contributed by atoms with Crippen LogP contribution in [0.2, 0.25) is 0 Å². The number of hydrogen-bond donors (Lipinski definition) is 0. The van der Waals surface area contributed by atoms with Crippen molar-refractivity contribution < 1.29 is 28.9 Å². The highest BCUT2D eigenvalue weighted by Gasteiger charge is 2.59. The SMILES string of the molecule is O=C(Oc1ccc([C@H]2[C@H]3C(=O)N(Cc4ccccc4)C(=O)[C@@H]3ON2c2ccc([N+](=O)[O-])cc2)cc1)c1ccccc1. The molecule has 2 amide bonds. The first-order chi connectivity index (χ1) is 19.9. The van der Waals surface area contributed by atoms with E-state index in [4.69, 9.17) is 9.57 Å². The van der Waals surface area contributed by atoms with E-state index in [0.717, 1.165) is 5.56 Å². The second-order valence-electron chi connectivity index (χ2n) is 9.67. The fourth-order valence-electron chi connectivity index (χ4n) is 5.15. The molecule has 10 nitrogen and oxygen atoms in total. The first-order valence-corrected chi connectivity index (χ1v) is 12.9. The van der Waals surface area contributed by atoms with Crippen molar-refractivity contribution in [2.45, 2.75) is 18.7 Å². The van der Waals surface area contributed by atoms with Gasteiger partial charge in [-0.1, -0.05) is 60.7 Å². The van der Waals surface area contributed by atoms with E-state index in [-0.39, 0.29) is 18.1 Å². The summed E-state index contributed by atoms with van der Waals surface area (Å²) in [4.78, 5) is 57.6. The van der Waals surface area contributed by atoms with Crippen LogP contribution < -0.4 is 9.80 Å². The van der Waals surface area contributed by atoms with Crippen molar-refractivity contribution in [2.24, 2.45) is 5.92 Å². The second-order valence-corrected chi connectivity index (χ2v) is 9.67. The van der Waals surface area contributed by atoms with Crippen LogP contribution in [0.15, 0.2) is 109 Å². The predicted octanol–water partition coefficient (Wildman–Crippen LogP) is 4.86. The van der Waals surface area contributed by atoms with E-state index in [1.165, 1.54) is 34.2 Å². The van der Waals surface area contributed by atoms with Crippen LogP contribution >= 0.6 is 0 Å². The van der Waals surface area contributed by atoms with Crippen LogP contribution in [-0.4, -0.2) is 33.7 Å². The monoisotopic (exact) mass is 549 g/mol. The first kappa shape index (κ1) is 25.9. The van der Waals surface area contributed by atoms with Gasteiger partial charge in [-0.2, -0.15) is 0 Å². The molecule has 6 rings (SSSR count). The number of anilines is 1. The highest BCUT2D eigenvalue weighted by Crippen LogP contribution is 2.47. The number of nitro groups is 1. The number of nitro benzene ring substituents is 1. The van der Waals surface area contributed by atoms with Crippen LogP contribution in [0.25, 0.3) is 0 Å². The van der Waals surface area contributed by atoms with Gasteiger partial charge in [0.1, 0.15) is 11.7 Å². The molecule has 0 radical (unpaired) electrons. The third-order valence-electron chi connectivity index (χ3n) is 7.15. The Labute approximate surface area is 234 Å². The lowest BCUT2D eigenvalue weighted by Gasteiger charge is -2.28. The molecular formula is C31H23N3O7. The first-order valence-electron chi connectivity index (χ1n) is 12.9. The van der Waals surface area contributed by atoms with Crippen LogP contribution in [0.3, 0.4) is 0 Å². The minimum atomic E-state index is -1.07. The fourth-order valence-corrected chi connectivity index (χ4v) is 5.15. The van der Waals surface area contributed by atoms with Gasteiger partial charge in [-0.15, -0.1) is 0 Å². The molecule has 41 heavy (non-hydrogen) atoms. The Morgan fingerprint density at radius 2 is 1.46 bits per heavy atom. The fraction of sp³-hybridized carbons (Fsp3) is 0.129. The lowest BCUT2D eigenvalue weighted by atomic mass is 9.90. The molecule has 0 saturated carbocycles. The summed E-state index contributed by atoms with van der Waals surface area (Å²) in [6.07, 6.45) is -1.07. The summed E-state index contributed by atoms with van der Waals surface area (Å²) in [5.74, 6) is -1.90. The van der Waals surface area contributed by atoms with E-state index in [9.17, 15) is 24.5 Å². The number of fused-ring (bicyclic) bond motifs is 1. The predicted molar refractivity (Wildman–Crippen MR) is 147 cm³/mol. The summed E-state index contributed by atoms with van der Waals surface area (Å²) in [5.41, 5.74) is 2.20. The van der Waals surface area contributed by atoms with Gasteiger partial charge in [0.25, 0.3) is 11.6 Å². The number of carbonyl (C=O) groups excluding carboxylic acids is 3. The number of likely N-dealkylation sites (tertiary alicyclic amines) is 1. The van der Waals surface area contributed by atoms with E-state index < -0.39 is 34.9 Å². The zero-order chi connectivity index (χ0) is 28.5. The molecule has 2 saturated heterocycles. The van der Waals surface area contributed by atoms with Gasteiger partial charge < -0.3 is 4.74 Å². The Hall–Kier alpha value is -5.35. The number of amides is 2. The van der Waals surface area contributed by atoms with Gasteiger partial charge >= 0.3 is 5.97 Å². The van der Waals surface area contributed by atoms with Gasteiger partial charge in [-0.3, -0.25) is 29.4 Å². The number of non-ortho nitro benzene ring substituents is 1. The number of ether oxygens (including phenoxy) is 1. The van der Waals surface area contributed by atoms with Crippen molar-refractivity contribution >= 4 is 29.2 Å². The molecule has 0 spiro atoms. The zero-order valence-electron chi connectivity index (χ0n) is 21.5. The van der Waals surface area contributed by atoms with Crippen LogP contribution in [0.1, 0.15) is 27.5 Å². The van der Waals surface area contributed by atoms with Gasteiger partial charge in [-0.05, 0) is 47.5 Å². The number of hydrogen-bond acceptors (Lipinski definition) is 8. The van der Waals surface area contributed by atoms with E-state index in [1.54, 1.807) is 54.6 Å². The number of hydroxylamine groups is 1. The molecule has 4 aromatic carbocycles. The molecule has 2 heterocycles. The maximum atomic E-state index is 13.7. The molecule has 2 fully saturated rings. The summed E-state index contributed by atoms with van der Waals surface area (Å²) < 4.78 is 5.50. The van der Waals surface area contributed by atoms with E-state index in [2.05, 4.69) is 0 Å². The molecule has 204 valence electrons. The molecule has 10 heteroatoms. The Morgan fingerprint density at radius 3 is 2.10 bits per heavy atom. The van der Waals surface area contributed by atoms with E-state index in [0.29, 0.717) is 22.6 Å². The van der Waals surface area contributed by atoms with Crippen LogP contribution in [0.5, 0.6) is 5.75 Å². The summed E-state index contributed by atoms with van der Waals surface area (Å²) in [5, 5.41) is 12.6. The minimum absolute atomic E-state index is 0.101. The molecule has 0 aliphatic carbocycles. The summed E-state index contributed by atoms with van der Waals surface area (Å²) in [6.45, 7) is 0.119. The average molecular weight is 550 g/mol. The van der Waals surface area contributed by atoms with Crippen molar-refractivity contribution in [2.75, 3.05) is 5.06 Å². The van der Waals surface area contributed by atoms with Crippen LogP contribution in [-0.2, 0) is 21.0 Å². The molecule has 4 aromatic rings. The standard InChI is InChI=1S/C31H23N3O7/c35-29-26-27(21-11-17-25(18-12-21)40-31(37)22-9-5-2-6-10-22)33(23-13-15-24(16-14-23)34(38)39)41-28(26)30(36)32(29)19-20-7-3-1-4-8-20/h1-18,26-28H,19H2/t26-,27+,28-/m1/s1. The second kappa shape index (κ2) is 10.7. The van der Waals surface area contributed by atoms with E-state index in [1.807, 2.05) is 30.3 Å². The van der Waals surface area contributed by atoms with Crippen molar-refractivity contribution in [1.29, 1.82) is 0 Å². The van der Waals surface area contributed by atoms with Gasteiger partial charge in [0.05, 0.1) is 28.8 Å². The average Bonchev–Trinajstić information content (AvgIpc) is 3.50. The molecule has 0 N–H and O–H groups in total. The molecule has 0 unspecified atom stereocenters. The summed E-state index contributed by atoms with van der Waals surface area (Å²) in [7, 11) is 0. The number of benzene rings is 4. The van der Waals surface area contributed by atoms with E-state index >= 15 is 0 Å². The molecule has 2 aliphatic rings. The minimum Gasteiger partial charge on any atom is -0.423 e. The Kier molecular flexibility index (Phi) is 6.74. The maximum absolute atomic E-state index is 13.7. The highest BCUT2D eigenvalue weighted by molar-refractivity contribution is 6.07. The molecule has 0 bridgehead atoms. The molecular weight excluding hydrogens is 526 g/mol. The third kappa shape index (κ3) is 4.92. The summed E-state index contributed by atoms with van der Waals surface area (Å²) >= 11 is 0. The Bertz CT molecular complexity index is 1610. The lowest BCUT2D eigenvalue weighted by molar-refractivity contribution is -0.384. The van der Waals surface area contributed by atoms with Gasteiger partial charge in [0.2, 0.25) is 5.91 Å². The van der Waals surface area contributed by atoms with Crippen molar-refractivity contribution in [1.82, 2.24) is 4.90 Å². The maximum Gasteiger partial charge on any atom is 0.343 e. The Balaban J connectivity index is 1.31. The third-order valence-corrected chi connectivity index (χ3v) is 7.15. The van der Waals surface area contributed by atoms with Gasteiger partial charge in [-0.25, -0.2) is 9.86 Å². The highest BCUT2D eigenvalue weighted by atomic mass is 16.7. The van der Waals surface area contributed by atoms with Crippen molar-refractivity contribution in [3.05, 3.63) is 136 Å². The van der Waals surface area contributed by atoms with Crippen molar-refractivity contribution in [3.63, 3.8) is 0 Å². The topological polar surface area (TPSA) is 119 Å². The normalized spacial score (nSPS) is 19.8. The number of carbonyl (C=O) groups is 3. The smallest absolute Gasteiger partial charge is 0.343 e. The number of esters is 1. The van der Waals surface area contributed by atoms with Crippen molar-refractivity contribution in [3.8, 4) is 5.75 Å². The number of imide groups is 1. The van der Waals surface area contributed by atoms with Gasteiger partial charge in [0.15, 0.2) is 6.10 Å². The largest absolute Gasteiger partial charge is 0.423 e. The molecule has 3 atom stereocenters. The molecule has 0 aromatic heterocycles. The molecule has 2 aliphatic heterocycles. The van der Waals surface area contributed by atoms with Gasteiger partial charge in [0, 0.05) is 12.1 Å². The number of rotatable bonds is 7.